The minimum Gasteiger partial charge on any atom is -0.379 e. The van der Waals surface area contributed by atoms with Gasteiger partial charge in [0.25, 0.3) is 5.91 Å². The number of nitrogens with one attached hydrogen (secondary N) is 1. The van der Waals surface area contributed by atoms with Crippen molar-refractivity contribution < 1.29 is 9.53 Å². The first kappa shape index (κ1) is 18.9. The molecule has 1 amide bonds. The molecule has 146 valence electrons. The summed E-state index contributed by atoms with van der Waals surface area (Å²) < 4.78 is 7.42. The van der Waals surface area contributed by atoms with Crippen molar-refractivity contribution in [2.24, 2.45) is 7.05 Å². The molecule has 1 unspecified atom stereocenters. The fourth-order valence-corrected chi connectivity index (χ4v) is 3.73. The number of carbonyl (C=O) groups excluding carboxylic acids is 1. The predicted octanol–water partition coefficient (Wildman–Crippen LogP) is 3.03. The van der Waals surface area contributed by atoms with Crippen LogP contribution < -0.4 is 5.32 Å². The van der Waals surface area contributed by atoms with Gasteiger partial charge in [-0.3, -0.25) is 9.69 Å². The van der Waals surface area contributed by atoms with E-state index in [0.29, 0.717) is 30.3 Å². The van der Waals surface area contributed by atoms with Gasteiger partial charge in [-0.05, 0) is 35.9 Å². The van der Waals surface area contributed by atoms with E-state index in [4.69, 9.17) is 16.3 Å². The Bertz CT molecular complexity index is 964. The van der Waals surface area contributed by atoms with Gasteiger partial charge in [0.1, 0.15) is 0 Å². The molecule has 0 aliphatic carbocycles. The summed E-state index contributed by atoms with van der Waals surface area (Å²) >= 11 is 6.05. The highest BCUT2D eigenvalue weighted by atomic mass is 35.5. The number of hydrogen-bond donors (Lipinski definition) is 1. The maximum atomic E-state index is 12.8. The van der Waals surface area contributed by atoms with Gasteiger partial charge in [0.15, 0.2) is 0 Å². The fraction of sp³-hybridized carbons (Fsp3) is 0.333. The summed E-state index contributed by atoms with van der Waals surface area (Å²) in [5.74, 6) is -0.0974. The predicted molar refractivity (Wildman–Crippen MR) is 110 cm³/mol. The summed E-state index contributed by atoms with van der Waals surface area (Å²) in [7, 11) is 1.94. The number of hydrogen-bond acceptors (Lipinski definition) is 4. The van der Waals surface area contributed by atoms with Crippen molar-refractivity contribution in [2.45, 2.75) is 6.04 Å². The quantitative estimate of drug-likeness (QED) is 0.717. The second-order valence-electron chi connectivity index (χ2n) is 6.98. The van der Waals surface area contributed by atoms with Gasteiger partial charge >= 0.3 is 0 Å². The minimum atomic E-state index is -0.0974. The fourth-order valence-electron chi connectivity index (χ4n) is 3.60. The first-order valence-corrected chi connectivity index (χ1v) is 9.76. The molecule has 1 saturated heterocycles. The molecule has 1 aromatic heterocycles. The number of morpholine rings is 1. The summed E-state index contributed by atoms with van der Waals surface area (Å²) in [6.07, 6.45) is 1.75. The van der Waals surface area contributed by atoms with E-state index < -0.39 is 0 Å². The largest absolute Gasteiger partial charge is 0.379 e. The third kappa shape index (κ3) is 4.04. The van der Waals surface area contributed by atoms with Gasteiger partial charge in [-0.15, -0.1) is 0 Å². The molecular formula is C21H23ClN4O2. The molecule has 0 bridgehead atoms. The number of nitrogens with zero attached hydrogens (tertiary/aromatic N) is 3. The number of ether oxygens (including phenoxy) is 1. The number of carbonyl (C=O) groups is 1. The minimum absolute atomic E-state index is 0.0729. The monoisotopic (exact) mass is 398 g/mol. The van der Waals surface area contributed by atoms with Gasteiger partial charge < -0.3 is 14.6 Å². The van der Waals surface area contributed by atoms with E-state index in [0.717, 1.165) is 29.7 Å². The normalized spacial score (nSPS) is 16.2. The molecule has 2 aromatic carbocycles. The molecule has 1 atom stereocenters. The lowest BCUT2D eigenvalue weighted by molar-refractivity contribution is 0.0162. The standard InChI is InChI=1S/C21H23ClN4O2/c1-25-14-24-18-12-16(4-7-19(18)25)21(27)23-13-20(26-8-10-28-11-9-26)15-2-5-17(22)6-3-15/h2-7,12,14,20H,8-11,13H2,1H3,(H,23,27). The molecule has 2 heterocycles. The Balaban J connectivity index is 1.50. The van der Waals surface area contributed by atoms with Crippen LogP contribution in [0, 0.1) is 0 Å². The lowest BCUT2D eigenvalue weighted by Crippen LogP contribution is -2.43. The molecular weight excluding hydrogens is 376 g/mol. The van der Waals surface area contributed by atoms with Crippen LogP contribution >= 0.6 is 11.6 Å². The number of fused-ring (bicyclic) bond motifs is 1. The van der Waals surface area contributed by atoms with Crippen molar-refractivity contribution in [3.63, 3.8) is 0 Å². The highest BCUT2D eigenvalue weighted by Gasteiger charge is 2.23. The molecule has 6 nitrogen and oxygen atoms in total. The van der Waals surface area contributed by atoms with Crippen LogP contribution in [0.25, 0.3) is 11.0 Å². The Morgan fingerprint density at radius 2 is 1.96 bits per heavy atom. The number of benzene rings is 2. The van der Waals surface area contributed by atoms with Gasteiger partial charge in [0.2, 0.25) is 0 Å². The van der Waals surface area contributed by atoms with Crippen LogP contribution in [0.4, 0.5) is 0 Å². The topological polar surface area (TPSA) is 59.4 Å². The van der Waals surface area contributed by atoms with Crippen molar-refractivity contribution >= 4 is 28.5 Å². The summed E-state index contributed by atoms with van der Waals surface area (Å²) in [5.41, 5.74) is 3.57. The molecule has 1 aliphatic heterocycles. The molecule has 0 radical (unpaired) electrons. The molecule has 1 N–H and O–H groups in total. The third-order valence-electron chi connectivity index (χ3n) is 5.18. The van der Waals surface area contributed by atoms with Gasteiger partial charge in [0.05, 0.1) is 36.6 Å². The van der Waals surface area contributed by atoms with Gasteiger partial charge in [0, 0.05) is 37.3 Å². The zero-order chi connectivity index (χ0) is 19.5. The molecule has 1 fully saturated rings. The molecule has 28 heavy (non-hydrogen) atoms. The van der Waals surface area contributed by atoms with Gasteiger partial charge in [-0.25, -0.2) is 4.98 Å². The third-order valence-corrected chi connectivity index (χ3v) is 5.44. The highest BCUT2D eigenvalue weighted by molar-refractivity contribution is 6.30. The van der Waals surface area contributed by atoms with Crippen molar-refractivity contribution in [3.8, 4) is 0 Å². The van der Waals surface area contributed by atoms with Crippen LogP contribution in [-0.2, 0) is 11.8 Å². The lowest BCUT2D eigenvalue weighted by atomic mass is 10.0. The van der Waals surface area contributed by atoms with Crippen molar-refractivity contribution in [1.82, 2.24) is 19.8 Å². The maximum absolute atomic E-state index is 12.8. The van der Waals surface area contributed by atoms with Crippen LogP contribution in [0.1, 0.15) is 22.0 Å². The highest BCUT2D eigenvalue weighted by Crippen LogP contribution is 2.23. The second-order valence-corrected chi connectivity index (χ2v) is 7.42. The van der Waals surface area contributed by atoms with Crippen LogP contribution in [-0.4, -0.2) is 53.2 Å². The number of imidazole rings is 1. The Kier molecular flexibility index (Phi) is 5.62. The van der Waals surface area contributed by atoms with E-state index in [-0.39, 0.29) is 11.9 Å². The van der Waals surface area contributed by atoms with Crippen molar-refractivity contribution in [3.05, 3.63) is 64.9 Å². The summed E-state index contributed by atoms with van der Waals surface area (Å²) in [5, 5.41) is 3.80. The SMILES string of the molecule is Cn1cnc2cc(C(=O)NCC(c3ccc(Cl)cc3)N3CCOCC3)ccc21. The van der Waals surface area contributed by atoms with E-state index in [9.17, 15) is 4.79 Å². The van der Waals surface area contributed by atoms with Crippen LogP contribution in [0.5, 0.6) is 0 Å². The van der Waals surface area contributed by atoms with Crippen molar-refractivity contribution in [2.75, 3.05) is 32.8 Å². The number of amides is 1. The maximum Gasteiger partial charge on any atom is 0.251 e. The van der Waals surface area contributed by atoms with E-state index >= 15 is 0 Å². The van der Waals surface area contributed by atoms with E-state index in [1.54, 1.807) is 6.33 Å². The molecule has 0 saturated carbocycles. The van der Waals surface area contributed by atoms with E-state index in [1.165, 1.54) is 0 Å². The lowest BCUT2D eigenvalue weighted by Gasteiger charge is -2.35. The first-order valence-electron chi connectivity index (χ1n) is 9.38. The van der Waals surface area contributed by atoms with Crippen LogP contribution in [0.15, 0.2) is 48.8 Å². The van der Waals surface area contributed by atoms with Gasteiger partial charge in [-0.1, -0.05) is 23.7 Å². The average Bonchev–Trinajstić information content (AvgIpc) is 3.10. The van der Waals surface area contributed by atoms with Crippen LogP contribution in [0.2, 0.25) is 5.02 Å². The molecule has 7 heteroatoms. The summed E-state index contributed by atoms with van der Waals surface area (Å²) in [6, 6.07) is 13.5. The number of rotatable bonds is 5. The Morgan fingerprint density at radius 1 is 1.21 bits per heavy atom. The number of halogens is 1. The summed E-state index contributed by atoms with van der Waals surface area (Å²) in [4.78, 5) is 19.4. The number of aryl methyl sites for hydroxylation is 1. The van der Waals surface area contributed by atoms with Crippen molar-refractivity contribution in [1.29, 1.82) is 0 Å². The molecule has 3 aromatic rings. The van der Waals surface area contributed by atoms with E-state index in [2.05, 4.69) is 15.2 Å². The first-order chi connectivity index (χ1) is 13.6. The molecule has 0 spiro atoms. The average molecular weight is 399 g/mol. The van der Waals surface area contributed by atoms with Crippen LogP contribution in [0.3, 0.4) is 0 Å². The molecule has 1 aliphatic rings. The van der Waals surface area contributed by atoms with E-state index in [1.807, 2.05) is 54.1 Å². The zero-order valence-corrected chi connectivity index (χ0v) is 16.5. The zero-order valence-electron chi connectivity index (χ0n) is 15.8. The smallest absolute Gasteiger partial charge is 0.251 e. The number of aromatic nitrogens is 2. The Labute approximate surface area is 169 Å². The second kappa shape index (κ2) is 8.31. The summed E-state index contributed by atoms with van der Waals surface area (Å²) in [6.45, 7) is 3.59. The Hall–Kier alpha value is -2.41. The molecule has 4 rings (SSSR count). The Morgan fingerprint density at radius 3 is 2.71 bits per heavy atom. The van der Waals surface area contributed by atoms with Gasteiger partial charge in [-0.2, -0.15) is 0 Å².